The minimum absolute atomic E-state index is 0.00985. The van der Waals surface area contributed by atoms with E-state index in [1.165, 1.54) is 6.92 Å². The molecule has 5 rings (SSSR count). The Kier molecular flexibility index (Phi) is 6.46. The highest BCUT2D eigenvalue weighted by molar-refractivity contribution is 6.07. The molecule has 2 aliphatic heterocycles. The van der Waals surface area contributed by atoms with Gasteiger partial charge in [0.05, 0.1) is 6.67 Å². The first kappa shape index (κ1) is 23.6. The van der Waals surface area contributed by atoms with E-state index in [1.807, 2.05) is 72.8 Å². The zero-order valence-electron chi connectivity index (χ0n) is 20.3. The third kappa shape index (κ3) is 4.44. The zero-order chi connectivity index (χ0) is 25.1. The lowest BCUT2D eigenvalue weighted by atomic mass is 9.85. The van der Waals surface area contributed by atoms with Crippen LogP contribution in [0.5, 0.6) is 0 Å². The number of para-hydroxylation sites is 1. The molecule has 36 heavy (non-hydrogen) atoms. The molecule has 2 saturated heterocycles. The number of amides is 2. The largest absolute Gasteiger partial charge is 0.445 e. The minimum atomic E-state index is -0.774. The van der Waals surface area contributed by atoms with E-state index < -0.39 is 5.54 Å². The number of likely N-dealkylation sites (tertiary alicyclic amines) is 1. The van der Waals surface area contributed by atoms with Crippen LogP contribution in [0.1, 0.15) is 35.7 Å². The Balaban J connectivity index is 1.36. The van der Waals surface area contributed by atoms with E-state index in [9.17, 15) is 14.4 Å². The first-order chi connectivity index (χ1) is 17.5. The Morgan fingerprint density at radius 2 is 1.50 bits per heavy atom. The number of anilines is 2. The van der Waals surface area contributed by atoms with Gasteiger partial charge >= 0.3 is 6.09 Å². The summed E-state index contributed by atoms with van der Waals surface area (Å²) in [5.41, 5.74) is 2.39. The van der Waals surface area contributed by atoms with Gasteiger partial charge in [-0.1, -0.05) is 60.7 Å². The highest BCUT2D eigenvalue weighted by atomic mass is 16.6. The van der Waals surface area contributed by atoms with Crippen LogP contribution in [-0.2, 0) is 16.1 Å². The second-order valence-electron chi connectivity index (χ2n) is 9.30. The fourth-order valence-corrected chi connectivity index (χ4v) is 5.09. The average Bonchev–Trinajstić information content (AvgIpc) is 3.20. The molecule has 7 heteroatoms. The van der Waals surface area contributed by atoms with E-state index in [-0.39, 0.29) is 24.4 Å². The summed E-state index contributed by atoms with van der Waals surface area (Å²) in [5, 5.41) is 0. The molecule has 3 aromatic rings. The van der Waals surface area contributed by atoms with Crippen LogP contribution in [0, 0.1) is 0 Å². The molecule has 0 atom stereocenters. The van der Waals surface area contributed by atoms with Crippen LogP contribution in [0.25, 0.3) is 0 Å². The summed E-state index contributed by atoms with van der Waals surface area (Å²) in [7, 11) is 0. The number of carbonyl (C=O) groups excluding carboxylic acids is 3. The van der Waals surface area contributed by atoms with Crippen molar-refractivity contribution in [1.29, 1.82) is 0 Å². The first-order valence-corrected chi connectivity index (χ1v) is 12.2. The fourth-order valence-electron chi connectivity index (χ4n) is 5.09. The zero-order valence-corrected chi connectivity index (χ0v) is 20.3. The lowest BCUT2D eigenvalue weighted by molar-refractivity contribution is -0.123. The molecule has 0 aliphatic carbocycles. The Morgan fingerprint density at radius 1 is 0.861 bits per heavy atom. The standard InChI is InChI=1S/C29H29N3O4/c1-22(33)24-11-8-14-26(19-24)31-21-32(25-12-6-3-7-13-25)29(27(31)34)15-17-30(18-16-29)28(35)36-20-23-9-4-2-5-10-23/h2-14,19H,15-18,20-21H2,1H3. The molecule has 0 saturated carbocycles. The normalized spacial score (nSPS) is 16.9. The van der Waals surface area contributed by atoms with Gasteiger partial charge in [0.25, 0.3) is 5.91 Å². The van der Waals surface area contributed by atoms with Crippen molar-refractivity contribution in [3.8, 4) is 0 Å². The van der Waals surface area contributed by atoms with Gasteiger partial charge in [-0.05, 0) is 49.6 Å². The van der Waals surface area contributed by atoms with E-state index in [0.29, 0.717) is 43.9 Å². The average molecular weight is 484 g/mol. The molecule has 2 fully saturated rings. The van der Waals surface area contributed by atoms with Gasteiger partial charge < -0.3 is 14.5 Å². The Hall–Kier alpha value is -4.13. The maximum absolute atomic E-state index is 14.0. The molecule has 0 N–H and O–H groups in total. The van der Waals surface area contributed by atoms with E-state index in [2.05, 4.69) is 4.90 Å². The van der Waals surface area contributed by atoms with Crippen LogP contribution >= 0.6 is 0 Å². The molecule has 0 radical (unpaired) electrons. The molecule has 184 valence electrons. The number of carbonyl (C=O) groups is 3. The van der Waals surface area contributed by atoms with Crippen molar-refractivity contribution >= 4 is 29.2 Å². The van der Waals surface area contributed by atoms with Gasteiger partial charge in [-0.2, -0.15) is 0 Å². The molecule has 1 spiro atoms. The SMILES string of the molecule is CC(=O)c1cccc(N2CN(c3ccccc3)C3(CCN(C(=O)OCc4ccccc4)CC3)C2=O)c1. The van der Waals surface area contributed by atoms with E-state index in [0.717, 1.165) is 11.3 Å². The van der Waals surface area contributed by atoms with Gasteiger partial charge in [0.15, 0.2) is 5.78 Å². The van der Waals surface area contributed by atoms with Crippen molar-refractivity contribution in [3.63, 3.8) is 0 Å². The molecular formula is C29H29N3O4. The van der Waals surface area contributed by atoms with Crippen molar-refractivity contribution in [2.75, 3.05) is 29.6 Å². The number of piperidine rings is 1. The van der Waals surface area contributed by atoms with Crippen LogP contribution in [-0.4, -0.2) is 48.0 Å². The lowest BCUT2D eigenvalue weighted by Gasteiger charge is -2.42. The molecule has 2 heterocycles. The third-order valence-electron chi connectivity index (χ3n) is 7.13. The van der Waals surface area contributed by atoms with Crippen molar-refractivity contribution in [3.05, 3.63) is 96.1 Å². The summed E-state index contributed by atoms with van der Waals surface area (Å²) >= 11 is 0. The van der Waals surface area contributed by atoms with Gasteiger partial charge in [-0.25, -0.2) is 4.79 Å². The molecule has 7 nitrogen and oxygen atoms in total. The van der Waals surface area contributed by atoms with Crippen molar-refractivity contribution in [1.82, 2.24) is 4.90 Å². The number of benzene rings is 3. The Morgan fingerprint density at radius 3 is 2.17 bits per heavy atom. The Labute approximate surface area is 210 Å². The number of Topliss-reactive ketones (excluding diaryl/α,β-unsaturated/α-hetero) is 1. The first-order valence-electron chi connectivity index (χ1n) is 12.2. The van der Waals surface area contributed by atoms with Gasteiger partial charge in [-0.15, -0.1) is 0 Å². The molecule has 0 bridgehead atoms. The van der Waals surface area contributed by atoms with Crippen LogP contribution < -0.4 is 9.80 Å². The topological polar surface area (TPSA) is 70.2 Å². The molecule has 2 amide bonds. The number of ether oxygens (including phenoxy) is 1. The highest BCUT2D eigenvalue weighted by Gasteiger charge is 2.54. The van der Waals surface area contributed by atoms with E-state index >= 15 is 0 Å². The number of hydrogen-bond acceptors (Lipinski definition) is 5. The predicted molar refractivity (Wildman–Crippen MR) is 138 cm³/mol. The summed E-state index contributed by atoms with van der Waals surface area (Å²) < 4.78 is 5.53. The summed E-state index contributed by atoms with van der Waals surface area (Å²) in [5.74, 6) is -0.0511. The van der Waals surface area contributed by atoms with E-state index in [1.54, 1.807) is 21.9 Å². The van der Waals surface area contributed by atoms with E-state index in [4.69, 9.17) is 4.74 Å². The van der Waals surface area contributed by atoms with Crippen LogP contribution in [0.4, 0.5) is 16.2 Å². The summed E-state index contributed by atoms with van der Waals surface area (Å²) in [4.78, 5) is 44.3. The van der Waals surface area contributed by atoms with Crippen molar-refractivity contribution in [2.24, 2.45) is 0 Å². The second kappa shape index (κ2) is 9.85. The maximum Gasteiger partial charge on any atom is 0.410 e. The Bertz CT molecular complexity index is 1250. The number of rotatable bonds is 5. The third-order valence-corrected chi connectivity index (χ3v) is 7.13. The van der Waals surface area contributed by atoms with Gasteiger partial charge in [0, 0.05) is 30.0 Å². The van der Waals surface area contributed by atoms with Crippen molar-refractivity contribution in [2.45, 2.75) is 31.9 Å². The predicted octanol–water partition coefficient (Wildman–Crippen LogP) is 4.87. The molecule has 3 aromatic carbocycles. The molecule has 0 aromatic heterocycles. The van der Waals surface area contributed by atoms with Crippen molar-refractivity contribution < 1.29 is 19.1 Å². The summed E-state index contributed by atoms with van der Waals surface area (Å²) in [6.45, 7) is 2.96. The van der Waals surface area contributed by atoms with Crippen LogP contribution in [0.3, 0.4) is 0 Å². The summed E-state index contributed by atoms with van der Waals surface area (Å²) in [6.07, 6.45) is 0.616. The number of nitrogens with zero attached hydrogens (tertiary/aromatic N) is 3. The summed E-state index contributed by atoms with van der Waals surface area (Å²) in [6, 6.07) is 26.7. The number of hydrogen-bond donors (Lipinski definition) is 0. The minimum Gasteiger partial charge on any atom is -0.445 e. The molecule has 2 aliphatic rings. The number of ketones is 1. The quantitative estimate of drug-likeness (QED) is 0.484. The van der Waals surface area contributed by atoms with Gasteiger partial charge in [-0.3, -0.25) is 14.5 Å². The monoisotopic (exact) mass is 483 g/mol. The maximum atomic E-state index is 14.0. The second-order valence-corrected chi connectivity index (χ2v) is 9.30. The smallest absolute Gasteiger partial charge is 0.410 e. The van der Waals surface area contributed by atoms with Crippen LogP contribution in [0.2, 0.25) is 0 Å². The fraction of sp³-hybridized carbons (Fsp3) is 0.276. The highest BCUT2D eigenvalue weighted by Crippen LogP contribution is 2.41. The van der Waals surface area contributed by atoms with Gasteiger partial charge in [0.1, 0.15) is 12.1 Å². The molecular weight excluding hydrogens is 454 g/mol. The lowest BCUT2D eigenvalue weighted by Crippen LogP contribution is -2.57. The van der Waals surface area contributed by atoms with Gasteiger partial charge in [0.2, 0.25) is 0 Å². The van der Waals surface area contributed by atoms with Crippen LogP contribution in [0.15, 0.2) is 84.9 Å². The molecule has 0 unspecified atom stereocenters.